The molecule has 0 spiro atoms. The molecule has 0 bridgehead atoms. The minimum Gasteiger partial charge on any atom is -0.351 e. The molecule has 1 aromatic carbocycles. The van der Waals surface area contributed by atoms with Gasteiger partial charge in [-0.3, -0.25) is 9.59 Å². The molecule has 0 unspecified atom stereocenters. The first-order valence-electron chi connectivity index (χ1n) is 9.96. The van der Waals surface area contributed by atoms with Crippen molar-refractivity contribution in [2.24, 2.45) is 0 Å². The van der Waals surface area contributed by atoms with Gasteiger partial charge < -0.3 is 20.5 Å². The molecule has 0 saturated carbocycles. The molecule has 6 nitrogen and oxygen atoms in total. The van der Waals surface area contributed by atoms with Crippen LogP contribution in [0.3, 0.4) is 0 Å². The van der Waals surface area contributed by atoms with Gasteiger partial charge in [-0.05, 0) is 68.9 Å². The number of benzene rings is 1. The molecule has 29 heavy (non-hydrogen) atoms. The summed E-state index contributed by atoms with van der Waals surface area (Å²) in [6.07, 6.45) is 2.70. The number of halogens is 1. The summed E-state index contributed by atoms with van der Waals surface area (Å²) >= 11 is 3.45. The van der Waals surface area contributed by atoms with Crippen molar-refractivity contribution in [3.05, 3.63) is 51.3 Å². The summed E-state index contributed by atoms with van der Waals surface area (Å²) in [5, 5.41) is 5.85. The number of aromatic amines is 1. The molecule has 2 aromatic rings. The van der Waals surface area contributed by atoms with Gasteiger partial charge in [-0.15, -0.1) is 0 Å². The molecule has 154 valence electrons. The number of carbonyl (C=O) groups excluding carboxylic acids is 2. The molecule has 1 aliphatic rings. The van der Waals surface area contributed by atoms with E-state index < -0.39 is 0 Å². The maximum atomic E-state index is 12.5. The topological polar surface area (TPSA) is 77.2 Å². The molecule has 1 aliphatic heterocycles. The fourth-order valence-corrected chi connectivity index (χ4v) is 3.85. The summed E-state index contributed by atoms with van der Waals surface area (Å²) in [7, 11) is 0. The third-order valence-electron chi connectivity index (χ3n) is 5.16. The number of nitrogens with one attached hydrogen (secondary N) is 3. The molecule has 1 aromatic heterocycles. The molecule has 2 heterocycles. The fourth-order valence-electron chi connectivity index (χ4n) is 3.49. The van der Waals surface area contributed by atoms with E-state index >= 15 is 0 Å². The smallest absolute Gasteiger partial charge is 0.267 e. The van der Waals surface area contributed by atoms with E-state index in [-0.39, 0.29) is 11.8 Å². The fraction of sp³-hybridized carbons (Fsp3) is 0.364. The van der Waals surface area contributed by atoms with E-state index in [1.807, 2.05) is 31.2 Å². The molecule has 0 radical (unpaired) electrons. The highest BCUT2D eigenvalue weighted by atomic mass is 79.9. The number of aromatic nitrogens is 1. The highest BCUT2D eigenvalue weighted by Gasteiger charge is 2.24. The van der Waals surface area contributed by atoms with Crippen LogP contribution in [0.2, 0.25) is 0 Å². The van der Waals surface area contributed by atoms with Gasteiger partial charge in [0.05, 0.1) is 5.57 Å². The van der Waals surface area contributed by atoms with Crippen molar-refractivity contribution < 1.29 is 9.59 Å². The number of fused-ring (bicyclic) bond motifs is 1. The molecular weight excluding hydrogens is 432 g/mol. The van der Waals surface area contributed by atoms with Crippen LogP contribution in [-0.2, 0) is 4.79 Å². The summed E-state index contributed by atoms with van der Waals surface area (Å²) in [5.41, 5.74) is 4.33. The number of anilines is 1. The number of carbonyl (C=O) groups is 2. The Balaban J connectivity index is 1.69. The van der Waals surface area contributed by atoms with Gasteiger partial charge in [-0.1, -0.05) is 29.8 Å². The summed E-state index contributed by atoms with van der Waals surface area (Å²) in [4.78, 5) is 30.4. The maximum absolute atomic E-state index is 12.5. The third kappa shape index (κ3) is 4.97. The van der Waals surface area contributed by atoms with E-state index in [2.05, 4.69) is 50.3 Å². The number of H-pyrrole nitrogens is 1. The molecular formula is C22H27BrN4O2. The Hall–Kier alpha value is -2.38. The zero-order valence-electron chi connectivity index (χ0n) is 17.1. The van der Waals surface area contributed by atoms with E-state index in [1.165, 1.54) is 0 Å². The Kier molecular flexibility index (Phi) is 6.92. The van der Waals surface area contributed by atoms with Gasteiger partial charge in [0, 0.05) is 28.0 Å². The lowest BCUT2D eigenvalue weighted by atomic mass is 10.1. The van der Waals surface area contributed by atoms with Gasteiger partial charge in [0.2, 0.25) is 0 Å². The standard InChI is InChI=1S/C22H27BrN4O2/c1-4-27(5-2)10-6-9-24-22(29)20-14(3)11-16(25-20)13-18-17-12-15(23)7-8-19(17)26-21(18)28/h7-8,11-13,25H,4-6,9-10H2,1-3H3,(H,24,29)(H,26,28). The number of aryl methyl sites for hydroxylation is 1. The van der Waals surface area contributed by atoms with E-state index in [0.29, 0.717) is 17.8 Å². The van der Waals surface area contributed by atoms with Crippen molar-refractivity contribution in [3.8, 4) is 0 Å². The first-order chi connectivity index (χ1) is 13.9. The average Bonchev–Trinajstić information content (AvgIpc) is 3.21. The van der Waals surface area contributed by atoms with Gasteiger partial charge in [0.15, 0.2) is 0 Å². The second-order valence-electron chi connectivity index (χ2n) is 7.12. The van der Waals surface area contributed by atoms with E-state index in [1.54, 1.807) is 6.08 Å². The summed E-state index contributed by atoms with van der Waals surface area (Å²) < 4.78 is 0.908. The first kappa shape index (κ1) is 21.3. The third-order valence-corrected chi connectivity index (χ3v) is 5.65. The van der Waals surface area contributed by atoms with Gasteiger partial charge in [0.1, 0.15) is 5.69 Å². The minimum atomic E-state index is -0.146. The van der Waals surface area contributed by atoms with Crippen LogP contribution in [0.25, 0.3) is 11.6 Å². The van der Waals surface area contributed by atoms with Crippen LogP contribution in [0, 0.1) is 6.92 Å². The van der Waals surface area contributed by atoms with Crippen molar-refractivity contribution in [1.29, 1.82) is 0 Å². The summed E-state index contributed by atoms with van der Waals surface area (Å²) in [6.45, 7) is 9.82. The predicted molar refractivity (Wildman–Crippen MR) is 121 cm³/mol. The minimum absolute atomic E-state index is 0.120. The molecule has 0 aliphatic carbocycles. The van der Waals surface area contributed by atoms with Crippen molar-refractivity contribution in [2.75, 3.05) is 31.5 Å². The Morgan fingerprint density at radius 2 is 2.00 bits per heavy atom. The van der Waals surface area contributed by atoms with E-state index in [9.17, 15) is 9.59 Å². The highest BCUT2D eigenvalue weighted by Crippen LogP contribution is 2.35. The van der Waals surface area contributed by atoms with Crippen LogP contribution in [-0.4, -0.2) is 47.9 Å². The lowest BCUT2D eigenvalue weighted by molar-refractivity contribution is -0.110. The molecule has 3 N–H and O–H groups in total. The lowest BCUT2D eigenvalue weighted by Gasteiger charge is -2.17. The van der Waals surface area contributed by atoms with Crippen LogP contribution < -0.4 is 10.6 Å². The largest absolute Gasteiger partial charge is 0.351 e. The zero-order chi connectivity index (χ0) is 21.0. The number of rotatable bonds is 8. The molecule has 0 saturated heterocycles. The van der Waals surface area contributed by atoms with Gasteiger partial charge >= 0.3 is 0 Å². The van der Waals surface area contributed by atoms with Gasteiger partial charge in [-0.25, -0.2) is 0 Å². The quantitative estimate of drug-likeness (QED) is 0.412. The summed E-state index contributed by atoms with van der Waals surface area (Å²) in [6, 6.07) is 7.57. The molecule has 0 atom stereocenters. The van der Waals surface area contributed by atoms with E-state index in [0.717, 1.165) is 53.0 Å². The Morgan fingerprint density at radius 1 is 1.24 bits per heavy atom. The van der Waals surface area contributed by atoms with Crippen LogP contribution >= 0.6 is 15.9 Å². The highest BCUT2D eigenvalue weighted by molar-refractivity contribution is 9.10. The lowest BCUT2D eigenvalue weighted by Crippen LogP contribution is -2.30. The predicted octanol–water partition coefficient (Wildman–Crippen LogP) is 4.04. The average molecular weight is 459 g/mol. The Labute approximate surface area is 179 Å². The second kappa shape index (κ2) is 9.41. The Bertz CT molecular complexity index is 944. The van der Waals surface area contributed by atoms with Crippen molar-refractivity contribution in [2.45, 2.75) is 27.2 Å². The number of hydrogen-bond donors (Lipinski definition) is 3. The van der Waals surface area contributed by atoms with Crippen LogP contribution in [0.4, 0.5) is 5.69 Å². The molecule has 3 rings (SSSR count). The molecule has 0 fully saturated rings. The maximum Gasteiger partial charge on any atom is 0.267 e. The van der Waals surface area contributed by atoms with Gasteiger partial charge in [-0.2, -0.15) is 0 Å². The molecule has 2 amide bonds. The van der Waals surface area contributed by atoms with E-state index in [4.69, 9.17) is 0 Å². The van der Waals surface area contributed by atoms with Crippen molar-refractivity contribution >= 4 is 45.1 Å². The van der Waals surface area contributed by atoms with Crippen molar-refractivity contribution in [3.63, 3.8) is 0 Å². The second-order valence-corrected chi connectivity index (χ2v) is 8.04. The Morgan fingerprint density at radius 3 is 2.72 bits per heavy atom. The van der Waals surface area contributed by atoms with Crippen LogP contribution in [0.5, 0.6) is 0 Å². The number of nitrogens with zero attached hydrogens (tertiary/aromatic N) is 1. The normalized spacial score (nSPS) is 14.4. The van der Waals surface area contributed by atoms with Gasteiger partial charge in [0.25, 0.3) is 11.8 Å². The first-order valence-corrected chi connectivity index (χ1v) is 10.7. The number of amides is 2. The monoisotopic (exact) mass is 458 g/mol. The number of hydrogen-bond acceptors (Lipinski definition) is 3. The zero-order valence-corrected chi connectivity index (χ0v) is 18.6. The summed E-state index contributed by atoms with van der Waals surface area (Å²) in [5.74, 6) is -0.265. The van der Waals surface area contributed by atoms with Crippen molar-refractivity contribution in [1.82, 2.24) is 15.2 Å². The van der Waals surface area contributed by atoms with Crippen LogP contribution in [0.1, 0.15) is 47.6 Å². The van der Waals surface area contributed by atoms with Crippen LogP contribution in [0.15, 0.2) is 28.7 Å². The molecule has 7 heteroatoms. The SMILES string of the molecule is CCN(CC)CCCNC(=O)c1[nH]c(C=C2C(=O)Nc3ccc(Br)cc32)cc1C.